The minimum Gasteiger partial charge on any atom is -0.323 e. The average molecular weight is 264 g/mol. The van der Waals surface area contributed by atoms with Gasteiger partial charge >= 0.3 is 0 Å². The summed E-state index contributed by atoms with van der Waals surface area (Å²) >= 11 is 0. The molecule has 4 rings (SSSR count). The summed E-state index contributed by atoms with van der Waals surface area (Å²) in [4.78, 5) is 0. The van der Waals surface area contributed by atoms with Crippen LogP contribution in [0.25, 0.3) is 0 Å². The molecule has 0 aromatic heterocycles. The number of hydrogen-bond acceptors (Lipinski definition) is 0. The van der Waals surface area contributed by atoms with E-state index in [2.05, 4.69) is 14.1 Å². The molecule has 0 aromatic rings. The maximum Gasteiger partial charge on any atom is 0.0971 e. The van der Waals surface area contributed by atoms with E-state index in [-0.39, 0.29) is 0 Å². The molecule has 2 bridgehead atoms. The summed E-state index contributed by atoms with van der Waals surface area (Å²) < 4.78 is 2.90. The van der Waals surface area contributed by atoms with Gasteiger partial charge in [-0.1, -0.05) is 0 Å². The molecule has 4 saturated heterocycles. The fourth-order valence-corrected chi connectivity index (χ4v) is 6.72. The quantitative estimate of drug-likeness (QED) is 0.590. The van der Waals surface area contributed by atoms with E-state index in [0.29, 0.717) is 0 Å². The molecule has 0 amide bonds. The van der Waals surface area contributed by atoms with Crippen LogP contribution in [-0.2, 0) is 0 Å². The lowest BCUT2D eigenvalue weighted by atomic mass is 9.68. The number of nitrogens with zero attached hydrogens (tertiary/aromatic N) is 2. The molecule has 0 N–H and O–H groups in total. The summed E-state index contributed by atoms with van der Waals surface area (Å²) in [5.41, 5.74) is 0. The molecule has 0 radical (unpaired) electrons. The van der Waals surface area contributed by atoms with Gasteiger partial charge in [0, 0.05) is 12.8 Å². The van der Waals surface area contributed by atoms with Gasteiger partial charge in [-0.25, -0.2) is 0 Å². The Labute approximate surface area is 118 Å². The molecular formula is C17H32N2+2. The van der Waals surface area contributed by atoms with E-state index in [1.807, 2.05) is 0 Å². The van der Waals surface area contributed by atoms with Crippen molar-refractivity contribution in [2.24, 2.45) is 11.8 Å². The van der Waals surface area contributed by atoms with E-state index in [0.717, 1.165) is 23.9 Å². The van der Waals surface area contributed by atoms with Crippen molar-refractivity contribution < 1.29 is 8.97 Å². The lowest BCUT2D eigenvalue weighted by Gasteiger charge is -2.62. The highest BCUT2D eigenvalue weighted by Gasteiger charge is 2.58. The molecule has 4 aliphatic heterocycles. The van der Waals surface area contributed by atoms with E-state index in [9.17, 15) is 0 Å². The SMILES string of the molecule is C[N+]12CCCC[C@@H]1[C@H]1C[C@@H](C2)[C@@H]2CCCC[N+]2(C)C1. The van der Waals surface area contributed by atoms with Crippen LogP contribution in [0.15, 0.2) is 0 Å². The first kappa shape index (κ1) is 12.6. The zero-order chi connectivity index (χ0) is 13.1. The van der Waals surface area contributed by atoms with Crippen LogP contribution in [0.2, 0.25) is 0 Å². The standard InChI is InChI=1S/C17H32N2/c1-18-9-5-3-7-16(18)15-11-14(12-18)17-8-4-6-10-19(17,2)13-15/h14-17H,3-13H2,1-2H3/q+2/t14-,15-,16-,17+,18?,19?/m0/s1. The highest BCUT2D eigenvalue weighted by atomic mass is 15.4. The Hall–Kier alpha value is -0.0800. The fraction of sp³-hybridized carbons (Fsp3) is 1.00. The van der Waals surface area contributed by atoms with Crippen LogP contribution in [0.5, 0.6) is 0 Å². The molecule has 6 atom stereocenters. The number of piperidine rings is 4. The molecule has 19 heavy (non-hydrogen) atoms. The maximum atomic E-state index is 2.60. The minimum absolute atomic E-state index is 1.02. The Morgan fingerprint density at radius 1 is 0.684 bits per heavy atom. The Morgan fingerprint density at radius 3 is 1.63 bits per heavy atom. The molecule has 2 nitrogen and oxygen atoms in total. The second-order valence-corrected chi connectivity index (χ2v) is 8.65. The zero-order valence-electron chi connectivity index (χ0n) is 13.0. The van der Waals surface area contributed by atoms with Gasteiger partial charge in [-0.2, -0.15) is 0 Å². The van der Waals surface area contributed by atoms with Gasteiger partial charge in [0.2, 0.25) is 0 Å². The third-order valence-corrected chi connectivity index (χ3v) is 7.44. The molecule has 2 heteroatoms. The van der Waals surface area contributed by atoms with Crippen molar-refractivity contribution in [1.29, 1.82) is 0 Å². The van der Waals surface area contributed by atoms with Gasteiger partial charge in [0.25, 0.3) is 0 Å². The van der Waals surface area contributed by atoms with Crippen molar-refractivity contribution in [3.05, 3.63) is 0 Å². The van der Waals surface area contributed by atoms with Gasteiger partial charge in [-0.05, 0) is 32.1 Å². The van der Waals surface area contributed by atoms with Gasteiger partial charge < -0.3 is 8.97 Å². The summed E-state index contributed by atoms with van der Waals surface area (Å²) in [6.45, 7) is 5.99. The van der Waals surface area contributed by atoms with Crippen molar-refractivity contribution in [3.63, 3.8) is 0 Å². The number of rotatable bonds is 0. The number of quaternary nitrogens is 2. The first-order chi connectivity index (χ1) is 9.11. The van der Waals surface area contributed by atoms with Crippen molar-refractivity contribution >= 4 is 0 Å². The van der Waals surface area contributed by atoms with Gasteiger partial charge in [-0.15, -0.1) is 0 Å². The third kappa shape index (κ3) is 1.82. The summed E-state index contributed by atoms with van der Waals surface area (Å²) in [6.07, 6.45) is 10.6. The smallest absolute Gasteiger partial charge is 0.0971 e. The predicted octanol–water partition coefficient (Wildman–Crippen LogP) is 2.63. The van der Waals surface area contributed by atoms with Crippen LogP contribution in [0.4, 0.5) is 0 Å². The summed E-state index contributed by atoms with van der Waals surface area (Å²) in [7, 11) is 5.20. The molecule has 4 heterocycles. The Morgan fingerprint density at radius 2 is 1.16 bits per heavy atom. The van der Waals surface area contributed by atoms with Crippen LogP contribution >= 0.6 is 0 Å². The fourth-order valence-electron chi connectivity index (χ4n) is 6.72. The van der Waals surface area contributed by atoms with Crippen LogP contribution in [0, 0.1) is 11.8 Å². The summed E-state index contributed by atoms with van der Waals surface area (Å²) in [5, 5.41) is 0. The topological polar surface area (TPSA) is 0 Å². The van der Waals surface area contributed by atoms with Crippen LogP contribution in [-0.4, -0.2) is 61.3 Å². The van der Waals surface area contributed by atoms with Crippen LogP contribution < -0.4 is 0 Å². The largest absolute Gasteiger partial charge is 0.323 e. The second kappa shape index (κ2) is 4.21. The van der Waals surface area contributed by atoms with Gasteiger partial charge in [0.05, 0.1) is 64.2 Å². The molecule has 0 aliphatic carbocycles. The first-order valence-corrected chi connectivity index (χ1v) is 8.79. The normalized spacial score (nSPS) is 57.2. The Bertz CT molecular complexity index is 334. The van der Waals surface area contributed by atoms with Crippen molar-refractivity contribution in [3.8, 4) is 0 Å². The summed E-state index contributed by atoms with van der Waals surface area (Å²) in [5.74, 6) is 2.09. The van der Waals surface area contributed by atoms with E-state index in [1.54, 1.807) is 6.42 Å². The Kier molecular flexibility index (Phi) is 2.80. The first-order valence-electron chi connectivity index (χ1n) is 8.79. The van der Waals surface area contributed by atoms with E-state index < -0.39 is 0 Å². The molecule has 4 fully saturated rings. The number of hydrogen-bond donors (Lipinski definition) is 0. The molecule has 2 unspecified atom stereocenters. The van der Waals surface area contributed by atoms with E-state index >= 15 is 0 Å². The average Bonchev–Trinajstić information content (AvgIpc) is 2.37. The zero-order valence-corrected chi connectivity index (χ0v) is 13.0. The highest BCUT2D eigenvalue weighted by molar-refractivity contribution is 4.90. The monoisotopic (exact) mass is 264 g/mol. The predicted molar refractivity (Wildman–Crippen MR) is 78.7 cm³/mol. The molecule has 4 aliphatic rings. The van der Waals surface area contributed by atoms with Gasteiger partial charge in [0.15, 0.2) is 0 Å². The molecule has 108 valence electrons. The van der Waals surface area contributed by atoms with Crippen LogP contribution in [0.3, 0.4) is 0 Å². The van der Waals surface area contributed by atoms with E-state index in [4.69, 9.17) is 0 Å². The van der Waals surface area contributed by atoms with Crippen LogP contribution in [0.1, 0.15) is 44.9 Å². The highest BCUT2D eigenvalue weighted by Crippen LogP contribution is 2.47. The summed E-state index contributed by atoms with van der Waals surface area (Å²) in [6, 6.07) is 2.03. The third-order valence-electron chi connectivity index (χ3n) is 7.44. The lowest BCUT2D eigenvalue weighted by Crippen LogP contribution is -2.74. The Balaban J connectivity index is 1.65. The van der Waals surface area contributed by atoms with Crippen molar-refractivity contribution in [2.75, 3.05) is 40.3 Å². The van der Waals surface area contributed by atoms with Gasteiger partial charge in [-0.3, -0.25) is 0 Å². The maximum absolute atomic E-state index is 2.60. The van der Waals surface area contributed by atoms with E-state index in [1.165, 1.54) is 73.7 Å². The molecular weight excluding hydrogens is 232 g/mol. The van der Waals surface area contributed by atoms with Crippen molar-refractivity contribution in [2.45, 2.75) is 57.0 Å². The molecule has 0 saturated carbocycles. The van der Waals surface area contributed by atoms with Gasteiger partial charge in [0.1, 0.15) is 0 Å². The molecule has 0 aromatic carbocycles. The number of fused-ring (bicyclic) bond motifs is 6. The lowest BCUT2D eigenvalue weighted by molar-refractivity contribution is -0.997. The second-order valence-electron chi connectivity index (χ2n) is 8.65. The van der Waals surface area contributed by atoms with Crippen molar-refractivity contribution in [1.82, 2.24) is 0 Å². The molecule has 0 spiro atoms. The minimum atomic E-state index is 1.02.